The van der Waals surface area contributed by atoms with Gasteiger partial charge in [-0.3, -0.25) is 4.90 Å². The Hall–Kier alpha value is -0.710. The number of nitrogens with zero attached hydrogens (tertiary/aromatic N) is 1. The van der Waals surface area contributed by atoms with Crippen LogP contribution in [-0.4, -0.2) is 31.1 Å². The Morgan fingerprint density at radius 1 is 1.17 bits per heavy atom. The molecule has 18 heavy (non-hydrogen) atoms. The monoisotopic (exact) mass is 276 g/mol. The highest BCUT2D eigenvalue weighted by Crippen LogP contribution is 2.26. The molecular weight excluding hydrogens is 258 g/mol. The average Bonchev–Trinajstić information content (AvgIpc) is 2.36. The first-order valence-corrected chi connectivity index (χ1v) is 6.00. The summed E-state index contributed by atoms with van der Waals surface area (Å²) < 4.78 is 27.4. The zero-order chi connectivity index (χ0) is 12.4. The van der Waals surface area contributed by atoms with Crippen LogP contribution in [0.15, 0.2) is 12.1 Å². The van der Waals surface area contributed by atoms with Gasteiger partial charge in [0, 0.05) is 37.8 Å². The molecule has 0 bridgehead atoms. The van der Waals surface area contributed by atoms with Gasteiger partial charge in [0.05, 0.1) is 0 Å². The highest BCUT2D eigenvalue weighted by molar-refractivity contribution is 5.85. The van der Waals surface area contributed by atoms with Gasteiger partial charge >= 0.3 is 0 Å². The summed E-state index contributed by atoms with van der Waals surface area (Å²) in [6.45, 7) is 7.06. The van der Waals surface area contributed by atoms with Gasteiger partial charge in [0.1, 0.15) is 0 Å². The van der Waals surface area contributed by atoms with Crippen molar-refractivity contribution in [3.05, 3.63) is 34.9 Å². The van der Waals surface area contributed by atoms with Crippen molar-refractivity contribution in [2.45, 2.75) is 19.9 Å². The maximum absolute atomic E-state index is 13.9. The number of rotatable bonds is 2. The zero-order valence-electron chi connectivity index (χ0n) is 10.7. The second-order valence-electron chi connectivity index (χ2n) is 4.56. The van der Waals surface area contributed by atoms with Gasteiger partial charge in [-0.1, -0.05) is 12.1 Å². The molecule has 0 spiro atoms. The SMILES string of the molecule is Cc1ccc([C@@H](C)N2CCNCC2)c(F)c1F.Cl. The van der Waals surface area contributed by atoms with Crippen LogP contribution in [0.3, 0.4) is 0 Å². The predicted octanol–water partition coefficient (Wildman–Crippen LogP) is 2.66. The molecule has 1 fully saturated rings. The van der Waals surface area contributed by atoms with Gasteiger partial charge in [-0.05, 0) is 19.4 Å². The second-order valence-corrected chi connectivity index (χ2v) is 4.56. The van der Waals surface area contributed by atoms with Gasteiger partial charge in [-0.15, -0.1) is 12.4 Å². The first-order chi connectivity index (χ1) is 8.11. The summed E-state index contributed by atoms with van der Waals surface area (Å²) in [5, 5.41) is 3.25. The van der Waals surface area contributed by atoms with Crippen molar-refractivity contribution < 1.29 is 8.78 Å². The van der Waals surface area contributed by atoms with Gasteiger partial charge in [0.25, 0.3) is 0 Å². The first-order valence-electron chi connectivity index (χ1n) is 6.00. The van der Waals surface area contributed by atoms with E-state index in [0.717, 1.165) is 26.2 Å². The zero-order valence-corrected chi connectivity index (χ0v) is 11.5. The quantitative estimate of drug-likeness (QED) is 0.893. The Balaban J connectivity index is 0.00000162. The van der Waals surface area contributed by atoms with E-state index in [9.17, 15) is 8.78 Å². The Bertz CT molecular complexity index is 406. The molecule has 1 aliphatic rings. The van der Waals surface area contributed by atoms with Crippen LogP contribution < -0.4 is 5.32 Å². The molecule has 0 aromatic heterocycles. The lowest BCUT2D eigenvalue weighted by molar-refractivity contribution is 0.181. The molecule has 2 nitrogen and oxygen atoms in total. The van der Waals surface area contributed by atoms with Crippen molar-refractivity contribution in [3.63, 3.8) is 0 Å². The average molecular weight is 277 g/mol. The van der Waals surface area contributed by atoms with Crippen LogP contribution in [0.2, 0.25) is 0 Å². The summed E-state index contributed by atoms with van der Waals surface area (Å²) in [7, 11) is 0. The molecule has 0 aliphatic carbocycles. The molecule has 5 heteroatoms. The van der Waals surface area contributed by atoms with Crippen LogP contribution in [0.25, 0.3) is 0 Å². The maximum atomic E-state index is 13.9. The molecule has 102 valence electrons. The summed E-state index contributed by atoms with van der Waals surface area (Å²) in [6.07, 6.45) is 0. The fourth-order valence-corrected chi connectivity index (χ4v) is 2.25. The molecule has 1 saturated heterocycles. The predicted molar refractivity (Wildman–Crippen MR) is 71.2 cm³/mol. The minimum Gasteiger partial charge on any atom is -0.314 e. The third-order valence-corrected chi connectivity index (χ3v) is 3.45. The van der Waals surface area contributed by atoms with Crippen LogP contribution in [0.4, 0.5) is 8.78 Å². The third kappa shape index (κ3) is 2.99. The van der Waals surface area contributed by atoms with E-state index < -0.39 is 11.6 Å². The number of benzene rings is 1. The summed E-state index contributed by atoms with van der Waals surface area (Å²) in [6, 6.07) is 3.26. The van der Waals surface area contributed by atoms with E-state index in [2.05, 4.69) is 10.2 Å². The number of hydrogen-bond acceptors (Lipinski definition) is 2. The minimum atomic E-state index is -0.718. The van der Waals surface area contributed by atoms with E-state index in [-0.39, 0.29) is 18.4 Å². The van der Waals surface area contributed by atoms with Crippen molar-refractivity contribution in [2.24, 2.45) is 0 Å². The van der Waals surface area contributed by atoms with Crippen molar-refractivity contribution in [1.82, 2.24) is 10.2 Å². The molecule has 1 heterocycles. The molecule has 1 aliphatic heterocycles. The first kappa shape index (κ1) is 15.3. The van der Waals surface area contributed by atoms with E-state index in [1.165, 1.54) is 0 Å². The minimum absolute atomic E-state index is 0. The number of piperazine rings is 1. The molecule has 1 atom stereocenters. The molecule has 0 unspecified atom stereocenters. The maximum Gasteiger partial charge on any atom is 0.163 e. The van der Waals surface area contributed by atoms with Gasteiger partial charge in [-0.2, -0.15) is 0 Å². The second kappa shape index (κ2) is 6.45. The topological polar surface area (TPSA) is 15.3 Å². The largest absolute Gasteiger partial charge is 0.314 e. The molecule has 1 aromatic carbocycles. The summed E-state index contributed by atoms with van der Waals surface area (Å²) in [5.74, 6) is -1.42. The lowest BCUT2D eigenvalue weighted by Crippen LogP contribution is -2.44. The van der Waals surface area contributed by atoms with Crippen LogP contribution >= 0.6 is 12.4 Å². The van der Waals surface area contributed by atoms with Crippen LogP contribution in [0.1, 0.15) is 24.1 Å². The van der Waals surface area contributed by atoms with Gasteiger partial charge in [-0.25, -0.2) is 8.78 Å². The fourth-order valence-electron chi connectivity index (χ4n) is 2.25. The number of aryl methyl sites for hydroxylation is 1. The molecule has 0 amide bonds. The lowest BCUT2D eigenvalue weighted by atomic mass is 10.0. The standard InChI is InChI=1S/C13H18F2N2.ClH/c1-9-3-4-11(13(15)12(9)14)10(2)17-7-5-16-6-8-17;/h3-4,10,16H,5-8H2,1-2H3;1H/t10-;/m1./s1. The normalized spacial score (nSPS) is 18.2. The Morgan fingerprint density at radius 2 is 1.78 bits per heavy atom. The number of nitrogens with one attached hydrogen (secondary N) is 1. The Labute approximate surface area is 113 Å². The number of hydrogen-bond donors (Lipinski definition) is 1. The lowest BCUT2D eigenvalue weighted by Gasteiger charge is -2.33. The highest BCUT2D eigenvalue weighted by Gasteiger charge is 2.22. The van der Waals surface area contributed by atoms with E-state index in [0.29, 0.717) is 11.1 Å². The van der Waals surface area contributed by atoms with Crippen LogP contribution in [-0.2, 0) is 0 Å². The van der Waals surface area contributed by atoms with Gasteiger partial charge in [0.2, 0.25) is 0 Å². The Kier molecular flexibility index (Phi) is 5.50. The smallest absolute Gasteiger partial charge is 0.163 e. The van der Waals surface area contributed by atoms with Gasteiger partial charge < -0.3 is 5.32 Å². The van der Waals surface area contributed by atoms with Gasteiger partial charge in [0.15, 0.2) is 11.6 Å². The van der Waals surface area contributed by atoms with Crippen molar-refractivity contribution >= 4 is 12.4 Å². The third-order valence-electron chi connectivity index (χ3n) is 3.45. The molecule has 0 saturated carbocycles. The van der Waals surface area contributed by atoms with E-state index in [4.69, 9.17) is 0 Å². The van der Waals surface area contributed by atoms with Crippen LogP contribution in [0.5, 0.6) is 0 Å². The highest BCUT2D eigenvalue weighted by atomic mass is 35.5. The summed E-state index contributed by atoms with van der Waals surface area (Å²) >= 11 is 0. The Morgan fingerprint density at radius 3 is 2.39 bits per heavy atom. The van der Waals surface area contributed by atoms with E-state index in [1.54, 1.807) is 19.1 Å². The molecular formula is C13H19ClF2N2. The summed E-state index contributed by atoms with van der Waals surface area (Å²) in [4.78, 5) is 2.17. The molecule has 1 aromatic rings. The van der Waals surface area contributed by atoms with E-state index in [1.807, 2.05) is 6.92 Å². The van der Waals surface area contributed by atoms with Crippen molar-refractivity contribution in [2.75, 3.05) is 26.2 Å². The molecule has 0 radical (unpaired) electrons. The van der Waals surface area contributed by atoms with Crippen molar-refractivity contribution in [3.8, 4) is 0 Å². The molecule has 1 N–H and O–H groups in total. The van der Waals surface area contributed by atoms with Crippen LogP contribution in [0, 0.1) is 18.6 Å². The summed E-state index contributed by atoms with van der Waals surface area (Å²) in [5.41, 5.74) is 0.814. The number of halogens is 3. The van der Waals surface area contributed by atoms with Crippen molar-refractivity contribution in [1.29, 1.82) is 0 Å². The molecule has 2 rings (SSSR count). The van der Waals surface area contributed by atoms with E-state index >= 15 is 0 Å². The fraction of sp³-hybridized carbons (Fsp3) is 0.538.